The van der Waals surface area contributed by atoms with Gasteiger partial charge in [0.25, 0.3) is 0 Å². The van der Waals surface area contributed by atoms with Gasteiger partial charge in [0.15, 0.2) is 0 Å². The number of thioether (sulfide) groups is 1. The Bertz CT molecular complexity index is 390. The Kier molecular flexibility index (Phi) is 5.58. The lowest BCUT2D eigenvalue weighted by Gasteiger charge is -2.33. The van der Waals surface area contributed by atoms with Gasteiger partial charge in [-0.25, -0.2) is 0 Å². The third-order valence-corrected chi connectivity index (χ3v) is 5.02. The van der Waals surface area contributed by atoms with Crippen molar-refractivity contribution in [2.45, 2.75) is 37.8 Å². The van der Waals surface area contributed by atoms with Crippen molar-refractivity contribution in [2.24, 2.45) is 0 Å². The highest BCUT2D eigenvalue weighted by molar-refractivity contribution is 7.99. The van der Waals surface area contributed by atoms with Crippen LogP contribution in [0.2, 0.25) is 5.02 Å². The minimum absolute atomic E-state index is 0.288. The zero-order valence-corrected chi connectivity index (χ0v) is 12.9. The van der Waals surface area contributed by atoms with Crippen LogP contribution >= 0.6 is 23.4 Å². The van der Waals surface area contributed by atoms with E-state index in [1.807, 2.05) is 23.9 Å². The summed E-state index contributed by atoms with van der Waals surface area (Å²) < 4.78 is 0. The zero-order valence-electron chi connectivity index (χ0n) is 11.4. The van der Waals surface area contributed by atoms with Crippen LogP contribution in [-0.4, -0.2) is 28.8 Å². The lowest BCUT2D eigenvalue weighted by atomic mass is 9.95. The Labute approximate surface area is 124 Å². The molecule has 0 bridgehead atoms. The van der Waals surface area contributed by atoms with Gasteiger partial charge in [-0.05, 0) is 48.5 Å². The molecule has 1 aromatic rings. The first-order chi connectivity index (χ1) is 9.13. The number of hydrogen-bond acceptors (Lipinski definition) is 3. The lowest BCUT2D eigenvalue weighted by Crippen LogP contribution is -2.44. The van der Waals surface area contributed by atoms with E-state index >= 15 is 0 Å². The van der Waals surface area contributed by atoms with E-state index in [9.17, 15) is 5.11 Å². The van der Waals surface area contributed by atoms with Gasteiger partial charge in [-0.2, -0.15) is 11.8 Å². The van der Waals surface area contributed by atoms with Gasteiger partial charge in [0.2, 0.25) is 0 Å². The molecule has 2 rings (SSSR count). The van der Waals surface area contributed by atoms with Crippen molar-refractivity contribution in [1.29, 1.82) is 0 Å². The number of aliphatic hydroxyl groups is 1. The average molecular weight is 300 g/mol. The maximum absolute atomic E-state index is 10.5. The summed E-state index contributed by atoms with van der Waals surface area (Å²) in [6.07, 6.45) is 2.79. The van der Waals surface area contributed by atoms with Crippen LogP contribution in [0.3, 0.4) is 0 Å². The van der Waals surface area contributed by atoms with Gasteiger partial charge >= 0.3 is 0 Å². The molecule has 1 aromatic carbocycles. The molecule has 0 saturated carbocycles. The van der Waals surface area contributed by atoms with Crippen LogP contribution in [0.25, 0.3) is 0 Å². The van der Waals surface area contributed by atoms with Crippen molar-refractivity contribution in [2.75, 3.05) is 18.1 Å². The predicted octanol–water partition coefficient (Wildman–Crippen LogP) is 3.64. The summed E-state index contributed by atoms with van der Waals surface area (Å²) in [6.45, 7) is 2.84. The third kappa shape index (κ3) is 4.38. The average Bonchev–Trinajstić information content (AvgIpc) is 2.42. The maximum Gasteiger partial charge on any atom is 0.0787 e. The van der Waals surface area contributed by atoms with Gasteiger partial charge in [0.05, 0.1) is 5.60 Å². The maximum atomic E-state index is 10.5. The Hall–Kier alpha value is -0.220. The fraction of sp³-hybridized carbons (Fsp3) is 0.600. The van der Waals surface area contributed by atoms with Crippen molar-refractivity contribution >= 4 is 23.4 Å². The molecule has 0 aromatic heterocycles. The molecule has 2 N–H and O–H groups in total. The molecule has 19 heavy (non-hydrogen) atoms. The van der Waals surface area contributed by atoms with Gasteiger partial charge in [-0.15, -0.1) is 0 Å². The molecule has 0 radical (unpaired) electrons. The van der Waals surface area contributed by atoms with E-state index in [0.717, 1.165) is 35.8 Å². The first kappa shape index (κ1) is 15.2. The van der Waals surface area contributed by atoms with Crippen molar-refractivity contribution in [1.82, 2.24) is 5.32 Å². The number of nitrogens with one attached hydrogen (secondary N) is 1. The second-order valence-electron chi connectivity index (χ2n) is 5.23. The van der Waals surface area contributed by atoms with Crippen LogP contribution in [0.4, 0.5) is 0 Å². The molecule has 2 nitrogen and oxygen atoms in total. The standard InChI is InChI=1S/C15H22ClNOS/c1-2-14(12-3-5-13(16)6-4-12)17-11-15(18)7-9-19-10-8-15/h3-6,14,17-18H,2,7-11H2,1H3. The number of benzene rings is 1. The normalized spacial score (nSPS) is 20.2. The highest BCUT2D eigenvalue weighted by atomic mass is 35.5. The second kappa shape index (κ2) is 6.98. The van der Waals surface area contributed by atoms with Crippen LogP contribution < -0.4 is 5.32 Å². The van der Waals surface area contributed by atoms with E-state index in [1.54, 1.807) is 0 Å². The fourth-order valence-corrected chi connectivity index (χ4v) is 3.81. The Morgan fingerprint density at radius 1 is 1.32 bits per heavy atom. The van der Waals surface area contributed by atoms with E-state index in [4.69, 9.17) is 11.6 Å². The topological polar surface area (TPSA) is 32.3 Å². The van der Waals surface area contributed by atoms with E-state index < -0.39 is 5.60 Å². The molecular formula is C15H22ClNOS. The molecule has 1 unspecified atom stereocenters. The first-order valence-electron chi connectivity index (χ1n) is 6.92. The largest absolute Gasteiger partial charge is 0.389 e. The summed E-state index contributed by atoms with van der Waals surface area (Å²) in [5.41, 5.74) is 0.714. The molecular weight excluding hydrogens is 278 g/mol. The van der Waals surface area contributed by atoms with Crippen molar-refractivity contribution in [3.63, 3.8) is 0 Å². The van der Waals surface area contributed by atoms with Crippen molar-refractivity contribution in [3.8, 4) is 0 Å². The SMILES string of the molecule is CCC(NCC1(O)CCSCC1)c1ccc(Cl)cc1. The second-order valence-corrected chi connectivity index (χ2v) is 6.89. The van der Waals surface area contributed by atoms with E-state index in [2.05, 4.69) is 24.4 Å². The van der Waals surface area contributed by atoms with E-state index in [0.29, 0.717) is 6.54 Å². The summed E-state index contributed by atoms with van der Waals surface area (Å²) in [5, 5.41) is 14.8. The predicted molar refractivity (Wildman–Crippen MR) is 84.0 cm³/mol. The Morgan fingerprint density at radius 3 is 2.53 bits per heavy atom. The summed E-state index contributed by atoms with van der Waals surface area (Å²) in [5.74, 6) is 2.13. The van der Waals surface area contributed by atoms with Crippen LogP contribution in [0, 0.1) is 0 Å². The highest BCUT2D eigenvalue weighted by Crippen LogP contribution is 2.27. The van der Waals surface area contributed by atoms with Crippen molar-refractivity contribution < 1.29 is 5.11 Å². The highest BCUT2D eigenvalue weighted by Gasteiger charge is 2.29. The van der Waals surface area contributed by atoms with Gasteiger partial charge in [-0.1, -0.05) is 30.7 Å². The van der Waals surface area contributed by atoms with Crippen LogP contribution in [0.1, 0.15) is 37.8 Å². The van der Waals surface area contributed by atoms with Crippen LogP contribution in [0.15, 0.2) is 24.3 Å². The van der Waals surface area contributed by atoms with Gasteiger partial charge in [0.1, 0.15) is 0 Å². The monoisotopic (exact) mass is 299 g/mol. The molecule has 106 valence electrons. The minimum atomic E-state index is -0.523. The molecule has 1 aliphatic rings. The zero-order chi connectivity index (χ0) is 13.7. The van der Waals surface area contributed by atoms with E-state index in [1.165, 1.54) is 5.56 Å². The summed E-state index contributed by atoms with van der Waals surface area (Å²) in [7, 11) is 0. The molecule has 0 spiro atoms. The summed E-state index contributed by atoms with van der Waals surface area (Å²) >= 11 is 7.85. The van der Waals surface area contributed by atoms with Gasteiger partial charge in [-0.3, -0.25) is 0 Å². The van der Waals surface area contributed by atoms with E-state index in [-0.39, 0.29) is 6.04 Å². The number of rotatable bonds is 5. The van der Waals surface area contributed by atoms with Gasteiger partial charge in [0, 0.05) is 17.6 Å². The Morgan fingerprint density at radius 2 is 1.95 bits per heavy atom. The molecule has 1 heterocycles. The van der Waals surface area contributed by atoms with Crippen LogP contribution in [-0.2, 0) is 0 Å². The van der Waals surface area contributed by atoms with Crippen LogP contribution in [0.5, 0.6) is 0 Å². The Balaban J connectivity index is 1.93. The lowest BCUT2D eigenvalue weighted by molar-refractivity contribution is 0.0294. The smallest absolute Gasteiger partial charge is 0.0787 e. The number of halogens is 1. The molecule has 1 saturated heterocycles. The quantitative estimate of drug-likeness (QED) is 0.870. The van der Waals surface area contributed by atoms with Gasteiger partial charge < -0.3 is 10.4 Å². The number of hydrogen-bond donors (Lipinski definition) is 2. The molecule has 1 atom stereocenters. The fourth-order valence-electron chi connectivity index (χ4n) is 2.43. The minimum Gasteiger partial charge on any atom is -0.389 e. The summed E-state index contributed by atoms with van der Waals surface area (Å²) in [6, 6.07) is 8.26. The molecule has 1 aliphatic heterocycles. The third-order valence-electron chi connectivity index (χ3n) is 3.78. The molecule has 0 aliphatic carbocycles. The molecule has 4 heteroatoms. The molecule has 0 amide bonds. The first-order valence-corrected chi connectivity index (χ1v) is 8.45. The van der Waals surface area contributed by atoms with Crippen molar-refractivity contribution in [3.05, 3.63) is 34.9 Å². The summed E-state index contributed by atoms with van der Waals surface area (Å²) in [4.78, 5) is 0. The molecule has 1 fully saturated rings.